The number of likely N-dealkylation sites (tertiary alicyclic amines) is 1. The van der Waals surface area contributed by atoms with Gasteiger partial charge in [-0.2, -0.15) is 13.2 Å². The van der Waals surface area contributed by atoms with Crippen molar-refractivity contribution in [3.05, 3.63) is 70.8 Å². The molecule has 10 nitrogen and oxygen atoms in total. The van der Waals surface area contributed by atoms with Gasteiger partial charge in [-0.05, 0) is 38.0 Å². The van der Waals surface area contributed by atoms with E-state index < -0.39 is 29.8 Å². The van der Waals surface area contributed by atoms with Crippen LogP contribution < -0.4 is 15.8 Å². The van der Waals surface area contributed by atoms with E-state index in [0.717, 1.165) is 6.20 Å². The lowest BCUT2D eigenvalue weighted by Gasteiger charge is -2.31. The summed E-state index contributed by atoms with van der Waals surface area (Å²) in [5.41, 5.74) is 6.62. The van der Waals surface area contributed by atoms with Crippen LogP contribution in [0.15, 0.2) is 36.5 Å². The second-order valence-electron chi connectivity index (χ2n) is 8.54. The predicted octanol–water partition coefficient (Wildman–Crippen LogP) is 3.62. The summed E-state index contributed by atoms with van der Waals surface area (Å²) in [5.74, 6) is -3.06. The first-order valence-electron chi connectivity index (χ1n) is 11.6. The van der Waals surface area contributed by atoms with Crippen molar-refractivity contribution in [2.24, 2.45) is 0 Å². The van der Waals surface area contributed by atoms with Gasteiger partial charge in [-0.3, -0.25) is 4.79 Å². The second kappa shape index (κ2) is 10.9. The molecule has 1 fully saturated rings. The van der Waals surface area contributed by atoms with Crippen LogP contribution in [0.5, 0.6) is 5.75 Å². The van der Waals surface area contributed by atoms with Gasteiger partial charge in [0.1, 0.15) is 0 Å². The molecule has 1 aliphatic heterocycles. The number of ether oxygens (including phenoxy) is 1. The van der Waals surface area contributed by atoms with E-state index in [4.69, 9.17) is 10.5 Å². The molecule has 2 amide bonds. The van der Waals surface area contributed by atoms with Crippen molar-refractivity contribution < 1.29 is 31.9 Å². The fraction of sp³-hybridized carbons (Fsp3) is 0.333. The first-order valence-corrected chi connectivity index (χ1v) is 11.6. The van der Waals surface area contributed by atoms with Crippen molar-refractivity contribution in [3.63, 3.8) is 0 Å². The molecule has 0 spiro atoms. The second-order valence-corrected chi connectivity index (χ2v) is 8.54. The number of alkyl halides is 3. The zero-order chi connectivity index (χ0) is 27.4. The summed E-state index contributed by atoms with van der Waals surface area (Å²) in [5, 5.41) is 2.56. The molecule has 0 unspecified atom stereocenters. The van der Waals surface area contributed by atoms with Crippen LogP contribution in [0.25, 0.3) is 0 Å². The molecule has 4 rings (SSSR count). The van der Waals surface area contributed by atoms with E-state index in [1.165, 1.54) is 29.2 Å². The van der Waals surface area contributed by atoms with Crippen molar-refractivity contribution >= 4 is 17.9 Å². The van der Waals surface area contributed by atoms with E-state index in [1.54, 1.807) is 13.0 Å². The van der Waals surface area contributed by atoms with Crippen molar-refractivity contribution in [2.75, 3.05) is 18.8 Å². The molecule has 0 aliphatic carbocycles. The number of aromatic nitrogens is 4. The number of benzene rings is 1. The van der Waals surface area contributed by atoms with Crippen LogP contribution in [-0.2, 0) is 12.7 Å². The number of hydrogen-bond donors (Lipinski definition) is 2. The number of piperidine rings is 1. The smallest absolute Gasteiger partial charge is 0.407 e. The fourth-order valence-corrected chi connectivity index (χ4v) is 4.11. The molecule has 0 atom stereocenters. The van der Waals surface area contributed by atoms with E-state index in [1.807, 2.05) is 0 Å². The molecule has 1 saturated heterocycles. The van der Waals surface area contributed by atoms with Gasteiger partial charge >= 0.3 is 12.3 Å². The third kappa shape index (κ3) is 6.12. The standard InChI is InChI=1S/C24H23F4N7O3/c1-13-18(20(36)31-12-15-6-9-30-21(33-15)24(26,27)28)19(34-22(29)32-13)14-7-10-35(11-8-14)23(37)38-17-5-3-2-4-16(17)25/h2-6,9,14H,7-8,10-12H2,1H3,(H,31,36)(H2,29,32,34). The molecule has 0 bridgehead atoms. The van der Waals surface area contributed by atoms with E-state index >= 15 is 0 Å². The first-order chi connectivity index (χ1) is 18.0. The summed E-state index contributed by atoms with van der Waals surface area (Å²) in [6, 6.07) is 6.83. The van der Waals surface area contributed by atoms with Crippen LogP contribution >= 0.6 is 0 Å². The summed E-state index contributed by atoms with van der Waals surface area (Å²) in [7, 11) is 0. The lowest BCUT2D eigenvalue weighted by Crippen LogP contribution is -2.40. The summed E-state index contributed by atoms with van der Waals surface area (Å²) < 4.78 is 57.7. The first kappa shape index (κ1) is 26.7. The highest BCUT2D eigenvalue weighted by Crippen LogP contribution is 2.31. The van der Waals surface area contributed by atoms with Gasteiger partial charge in [-0.15, -0.1) is 0 Å². The van der Waals surface area contributed by atoms with Crippen molar-refractivity contribution in [1.29, 1.82) is 0 Å². The number of nitrogens with one attached hydrogen (secondary N) is 1. The number of aryl methyl sites for hydroxylation is 1. The van der Waals surface area contributed by atoms with Crippen LogP contribution in [-0.4, -0.2) is 49.9 Å². The van der Waals surface area contributed by atoms with E-state index in [9.17, 15) is 27.2 Å². The average Bonchev–Trinajstić information content (AvgIpc) is 2.88. The van der Waals surface area contributed by atoms with Crippen LogP contribution in [0.1, 0.15) is 52.0 Å². The van der Waals surface area contributed by atoms with Crippen LogP contribution in [0.4, 0.5) is 28.3 Å². The molecule has 3 heterocycles. The highest BCUT2D eigenvalue weighted by Gasteiger charge is 2.35. The van der Waals surface area contributed by atoms with Crippen molar-refractivity contribution in [2.45, 2.75) is 38.4 Å². The monoisotopic (exact) mass is 533 g/mol. The number of rotatable bonds is 5. The minimum atomic E-state index is -4.72. The quantitative estimate of drug-likeness (QED) is 0.475. The summed E-state index contributed by atoms with van der Waals surface area (Å²) in [4.78, 5) is 42.0. The Balaban J connectivity index is 1.45. The minimum absolute atomic E-state index is 0.0297. The van der Waals surface area contributed by atoms with Gasteiger partial charge in [0.05, 0.1) is 29.2 Å². The van der Waals surface area contributed by atoms with Gasteiger partial charge in [-0.1, -0.05) is 12.1 Å². The van der Waals surface area contributed by atoms with E-state index in [0.29, 0.717) is 24.2 Å². The fourth-order valence-electron chi connectivity index (χ4n) is 4.11. The van der Waals surface area contributed by atoms with Gasteiger partial charge in [0.15, 0.2) is 11.6 Å². The average molecular weight is 533 g/mol. The Morgan fingerprint density at radius 3 is 2.53 bits per heavy atom. The Bertz CT molecular complexity index is 1340. The number of carbonyl (C=O) groups excluding carboxylic acids is 2. The number of nitrogens with zero attached hydrogens (tertiary/aromatic N) is 5. The maximum absolute atomic E-state index is 13.8. The molecule has 3 aromatic rings. The molecule has 2 aromatic heterocycles. The topological polar surface area (TPSA) is 136 Å². The zero-order valence-corrected chi connectivity index (χ0v) is 20.1. The van der Waals surface area contributed by atoms with Crippen LogP contribution in [0, 0.1) is 12.7 Å². The molecule has 0 saturated carbocycles. The zero-order valence-electron chi connectivity index (χ0n) is 20.1. The van der Waals surface area contributed by atoms with E-state index in [-0.39, 0.29) is 48.5 Å². The molecule has 200 valence electrons. The number of nitrogens with two attached hydrogens (primary N) is 1. The number of para-hydroxylation sites is 1. The summed E-state index contributed by atoms with van der Waals surface area (Å²) >= 11 is 0. The van der Waals surface area contributed by atoms with Gasteiger partial charge in [0, 0.05) is 25.2 Å². The van der Waals surface area contributed by atoms with Crippen molar-refractivity contribution in [3.8, 4) is 5.75 Å². The SMILES string of the molecule is Cc1nc(N)nc(C2CCN(C(=O)Oc3ccccc3F)CC2)c1C(=O)NCc1ccnc(C(F)(F)F)n1. The Morgan fingerprint density at radius 1 is 1.13 bits per heavy atom. The lowest BCUT2D eigenvalue weighted by molar-refractivity contribution is -0.145. The molecule has 1 aliphatic rings. The highest BCUT2D eigenvalue weighted by atomic mass is 19.4. The van der Waals surface area contributed by atoms with Gasteiger partial charge in [0.2, 0.25) is 11.8 Å². The third-order valence-corrected chi connectivity index (χ3v) is 5.93. The van der Waals surface area contributed by atoms with Gasteiger partial charge in [-0.25, -0.2) is 29.1 Å². The number of carbonyl (C=O) groups is 2. The predicted molar refractivity (Wildman–Crippen MR) is 125 cm³/mol. The Labute approximate surface area is 214 Å². The third-order valence-electron chi connectivity index (χ3n) is 5.93. The van der Waals surface area contributed by atoms with Crippen LogP contribution in [0.2, 0.25) is 0 Å². The maximum atomic E-state index is 13.8. The Morgan fingerprint density at radius 2 is 1.84 bits per heavy atom. The number of amides is 2. The summed E-state index contributed by atoms with van der Waals surface area (Å²) in [6.07, 6.45) is -3.64. The lowest BCUT2D eigenvalue weighted by atomic mass is 9.89. The largest absolute Gasteiger partial charge is 0.451 e. The molecule has 14 heteroatoms. The Kier molecular flexibility index (Phi) is 7.69. The van der Waals surface area contributed by atoms with Gasteiger partial charge in [0.25, 0.3) is 5.91 Å². The number of nitrogen functional groups attached to an aromatic ring is 1. The Hall–Kier alpha value is -4.36. The van der Waals surface area contributed by atoms with Crippen molar-refractivity contribution in [1.82, 2.24) is 30.2 Å². The minimum Gasteiger partial charge on any atom is -0.407 e. The molecule has 0 radical (unpaired) electrons. The van der Waals surface area contributed by atoms with E-state index in [2.05, 4.69) is 25.3 Å². The highest BCUT2D eigenvalue weighted by molar-refractivity contribution is 5.96. The molecular weight excluding hydrogens is 510 g/mol. The number of hydrogen-bond acceptors (Lipinski definition) is 8. The normalized spacial score (nSPS) is 14.3. The number of halogens is 4. The molecule has 38 heavy (non-hydrogen) atoms. The molecule has 3 N–H and O–H groups in total. The maximum Gasteiger partial charge on any atom is 0.451 e. The molecular formula is C24H23F4N7O3. The van der Waals surface area contributed by atoms with Gasteiger partial charge < -0.3 is 20.7 Å². The molecule has 1 aromatic carbocycles. The number of anilines is 1. The summed E-state index contributed by atoms with van der Waals surface area (Å²) in [6.45, 7) is 1.80. The van der Waals surface area contributed by atoms with Crippen LogP contribution in [0.3, 0.4) is 0 Å².